The maximum atomic E-state index is 13.0. The van der Waals surface area contributed by atoms with Gasteiger partial charge in [0.25, 0.3) is 0 Å². The molecule has 5 heteroatoms. The van der Waals surface area contributed by atoms with E-state index in [4.69, 9.17) is 4.74 Å². The molecule has 0 aliphatic heterocycles. The molecule has 4 nitrogen and oxygen atoms in total. The molecule has 0 aromatic heterocycles. The molecule has 0 heterocycles. The number of nitrogens with zero attached hydrogens (tertiary/aromatic N) is 1. The molecule has 1 saturated carbocycles. The van der Waals surface area contributed by atoms with Crippen molar-refractivity contribution in [3.63, 3.8) is 0 Å². The zero-order valence-electron chi connectivity index (χ0n) is 15.2. The molecule has 0 N–H and O–H groups in total. The van der Waals surface area contributed by atoms with Gasteiger partial charge in [0.15, 0.2) is 0 Å². The lowest BCUT2D eigenvalue weighted by Crippen LogP contribution is -2.58. The number of hydrogen-bond acceptors (Lipinski definition) is 3. The van der Waals surface area contributed by atoms with Gasteiger partial charge in [0, 0.05) is 17.4 Å². The first-order valence-corrected chi connectivity index (χ1v) is 9.96. The second-order valence-corrected chi connectivity index (χ2v) is 7.71. The number of carbonyl (C=O) groups excluding carboxylic acids is 2. The molecule has 0 bridgehead atoms. The highest BCUT2D eigenvalue weighted by Crippen LogP contribution is 2.36. The summed E-state index contributed by atoms with van der Waals surface area (Å²) in [7, 11) is 1.42. The predicted octanol–water partition coefficient (Wildman–Crippen LogP) is 4.84. The topological polar surface area (TPSA) is 46.6 Å². The van der Waals surface area contributed by atoms with Crippen molar-refractivity contribution in [3.05, 3.63) is 34.3 Å². The number of carbonyl (C=O) groups is 2. The second-order valence-electron chi connectivity index (χ2n) is 6.79. The summed E-state index contributed by atoms with van der Waals surface area (Å²) in [5.74, 6) is -0.216. The Labute approximate surface area is 159 Å². The molecule has 0 saturated heterocycles. The molecule has 25 heavy (non-hydrogen) atoms. The van der Waals surface area contributed by atoms with Crippen molar-refractivity contribution in [2.75, 3.05) is 7.11 Å². The van der Waals surface area contributed by atoms with Crippen molar-refractivity contribution >= 4 is 27.8 Å². The average Bonchev–Trinajstić information content (AvgIpc) is 2.65. The van der Waals surface area contributed by atoms with Crippen LogP contribution in [0.2, 0.25) is 0 Å². The van der Waals surface area contributed by atoms with Crippen molar-refractivity contribution in [3.8, 4) is 0 Å². The van der Waals surface area contributed by atoms with Crippen molar-refractivity contribution < 1.29 is 14.3 Å². The first-order valence-electron chi connectivity index (χ1n) is 9.17. The van der Waals surface area contributed by atoms with Crippen LogP contribution in [0.15, 0.2) is 28.7 Å². The summed E-state index contributed by atoms with van der Waals surface area (Å²) in [6, 6.07) is 7.93. The molecule has 1 fully saturated rings. The van der Waals surface area contributed by atoms with Crippen LogP contribution in [0, 0.1) is 0 Å². The van der Waals surface area contributed by atoms with Gasteiger partial charge >= 0.3 is 5.97 Å². The fourth-order valence-corrected chi connectivity index (χ4v) is 3.89. The smallest absolute Gasteiger partial charge is 0.331 e. The van der Waals surface area contributed by atoms with E-state index < -0.39 is 5.54 Å². The van der Waals surface area contributed by atoms with Crippen LogP contribution in [-0.4, -0.2) is 29.4 Å². The van der Waals surface area contributed by atoms with E-state index in [0.29, 0.717) is 25.8 Å². The van der Waals surface area contributed by atoms with E-state index in [0.717, 1.165) is 42.1 Å². The third-order valence-corrected chi connectivity index (χ3v) is 5.59. The minimum Gasteiger partial charge on any atom is -0.467 e. The van der Waals surface area contributed by atoms with Crippen LogP contribution in [0.4, 0.5) is 0 Å². The van der Waals surface area contributed by atoms with Gasteiger partial charge in [-0.15, -0.1) is 0 Å². The van der Waals surface area contributed by atoms with Gasteiger partial charge in [0.2, 0.25) is 5.91 Å². The zero-order valence-corrected chi connectivity index (χ0v) is 16.8. The normalized spacial score (nSPS) is 16.3. The van der Waals surface area contributed by atoms with Gasteiger partial charge in [-0.05, 0) is 37.0 Å². The van der Waals surface area contributed by atoms with E-state index in [2.05, 4.69) is 22.9 Å². The molecule has 1 aromatic rings. The molecule has 2 rings (SSSR count). The fourth-order valence-electron chi connectivity index (χ4n) is 3.62. The molecule has 1 amide bonds. The van der Waals surface area contributed by atoms with E-state index in [1.165, 1.54) is 7.11 Å². The Morgan fingerprint density at radius 2 is 1.80 bits per heavy atom. The first-order chi connectivity index (χ1) is 12.0. The number of esters is 1. The van der Waals surface area contributed by atoms with E-state index in [1.54, 1.807) is 4.90 Å². The quantitative estimate of drug-likeness (QED) is 0.604. The van der Waals surface area contributed by atoms with Crippen LogP contribution in [0.5, 0.6) is 0 Å². The summed E-state index contributed by atoms with van der Waals surface area (Å²) in [4.78, 5) is 27.5. The van der Waals surface area contributed by atoms with Gasteiger partial charge in [0.05, 0.1) is 7.11 Å². The second kappa shape index (κ2) is 9.37. The summed E-state index contributed by atoms with van der Waals surface area (Å²) in [5, 5.41) is 0. The van der Waals surface area contributed by atoms with E-state index in [9.17, 15) is 9.59 Å². The van der Waals surface area contributed by atoms with Crippen LogP contribution < -0.4 is 0 Å². The summed E-state index contributed by atoms with van der Waals surface area (Å²) in [6.45, 7) is 2.52. The Morgan fingerprint density at radius 1 is 1.16 bits per heavy atom. The van der Waals surface area contributed by atoms with E-state index >= 15 is 0 Å². The Bertz CT molecular complexity index is 579. The van der Waals surface area contributed by atoms with Gasteiger partial charge in [-0.25, -0.2) is 4.79 Å². The van der Waals surface area contributed by atoms with Crippen molar-refractivity contribution in [1.82, 2.24) is 4.90 Å². The third kappa shape index (κ3) is 4.84. The molecule has 1 aliphatic carbocycles. The van der Waals surface area contributed by atoms with Crippen molar-refractivity contribution in [2.45, 2.75) is 70.4 Å². The lowest BCUT2D eigenvalue weighted by molar-refractivity contribution is -0.166. The molecule has 0 atom stereocenters. The number of amides is 1. The molecule has 138 valence electrons. The Balaban J connectivity index is 2.34. The molecule has 0 spiro atoms. The number of rotatable bonds is 7. The fraction of sp³-hybridized carbons (Fsp3) is 0.600. The van der Waals surface area contributed by atoms with Crippen LogP contribution in [0.1, 0.15) is 63.9 Å². The van der Waals surface area contributed by atoms with Crippen molar-refractivity contribution in [2.24, 2.45) is 0 Å². The van der Waals surface area contributed by atoms with E-state index in [1.807, 2.05) is 24.3 Å². The predicted molar refractivity (Wildman–Crippen MR) is 102 cm³/mol. The molecular weight excluding hydrogens is 382 g/mol. The minimum absolute atomic E-state index is 0.0528. The average molecular weight is 410 g/mol. The van der Waals surface area contributed by atoms with Crippen LogP contribution in [0.3, 0.4) is 0 Å². The number of ether oxygens (including phenoxy) is 1. The lowest BCUT2D eigenvalue weighted by Gasteiger charge is -2.44. The highest BCUT2D eigenvalue weighted by Gasteiger charge is 2.47. The highest BCUT2D eigenvalue weighted by atomic mass is 79.9. The van der Waals surface area contributed by atoms with Crippen LogP contribution in [-0.2, 0) is 20.9 Å². The number of halogens is 1. The zero-order chi connectivity index (χ0) is 18.3. The Morgan fingerprint density at radius 3 is 2.36 bits per heavy atom. The van der Waals surface area contributed by atoms with Gasteiger partial charge in [-0.1, -0.05) is 60.7 Å². The Hall–Kier alpha value is -1.36. The van der Waals surface area contributed by atoms with Gasteiger partial charge in [-0.2, -0.15) is 0 Å². The molecule has 0 radical (unpaired) electrons. The largest absolute Gasteiger partial charge is 0.467 e. The van der Waals surface area contributed by atoms with Gasteiger partial charge in [-0.3, -0.25) is 4.79 Å². The number of methoxy groups -OCH3 is 1. The maximum Gasteiger partial charge on any atom is 0.331 e. The number of hydrogen-bond donors (Lipinski definition) is 0. The molecular formula is C20H28BrNO3. The third-order valence-electron chi connectivity index (χ3n) is 5.06. The number of unbranched alkanes of at least 4 members (excludes halogenated alkanes) is 1. The number of benzene rings is 1. The summed E-state index contributed by atoms with van der Waals surface area (Å²) in [6.07, 6.45) is 6.66. The Kier molecular flexibility index (Phi) is 7.48. The molecule has 1 aliphatic rings. The van der Waals surface area contributed by atoms with E-state index in [-0.39, 0.29) is 11.9 Å². The minimum atomic E-state index is -0.815. The van der Waals surface area contributed by atoms with Crippen LogP contribution in [0.25, 0.3) is 0 Å². The molecule has 0 unspecified atom stereocenters. The highest BCUT2D eigenvalue weighted by molar-refractivity contribution is 9.10. The maximum absolute atomic E-state index is 13.0. The van der Waals surface area contributed by atoms with Crippen molar-refractivity contribution in [1.29, 1.82) is 0 Å². The summed E-state index contributed by atoms with van der Waals surface area (Å²) in [5.41, 5.74) is 0.215. The summed E-state index contributed by atoms with van der Waals surface area (Å²) >= 11 is 3.44. The first kappa shape index (κ1) is 20.0. The molecule has 1 aromatic carbocycles. The van der Waals surface area contributed by atoms with Gasteiger partial charge < -0.3 is 9.64 Å². The SMILES string of the molecule is CCCCC(=O)N(Cc1ccc(Br)cc1)C1(C(=O)OC)CCCCC1. The van der Waals surface area contributed by atoms with Crippen LogP contribution >= 0.6 is 15.9 Å². The summed E-state index contributed by atoms with van der Waals surface area (Å²) < 4.78 is 6.15. The standard InChI is InChI=1S/C20H28BrNO3/c1-3-4-8-18(23)22(15-16-9-11-17(21)12-10-16)20(19(24)25-2)13-6-5-7-14-20/h9-12H,3-8,13-15H2,1-2H3. The van der Waals surface area contributed by atoms with Gasteiger partial charge in [0.1, 0.15) is 5.54 Å². The monoisotopic (exact) mass is 409 g/mol. The lowest BCUT2D eigenvalue weighted by atomic mass is 9.79.